The lowest BCUT2D eigenvalue weighted by molar-refractivity contribution is 0.586. The Labute approximate surface area is 111 Å². The van der Waals surface area contributed by atoms with Crippen LogP contribution in [0.5, 0.6) is 0 Å². The van der Waals surface area contributed by atoms with Crippen LogP contribution in [0.1, 0.15) is 54.7 Å². The van der Waals surface area contributed by atoms with E-state index in [4.69, 9.17) is 0 Å². The van der Waals surface area contributed by atoms with E-state index in [0.29, 0.717) is 12.0 Å². The maximum absolute atomic E-state index is 4.63. The Morgan fingerprint density at radius 2 is 2.21 bits per heavy atom. The van der Waals surface area contributed by atoms with Crippen LogP contribution in [0.15, 0.2) is 18.5 Å². The molecule has 0 aromatic carbocycles. The number of rotatable bonds is 3. The first-order chi connectivity index (χ1) is 9.40. The van der Waals surface area contributed by atoms with Crippen LogP contribution in [0.3, 0.4) is 0 Å². The van der Waals surface area contributed by atoms with Crippen molar-refractivity contribution in [3.63, 3.8) is 0 Å². The highest BCUT2D eigenvalue weighted by Crippen LogP contribution is 2.38. The highest BCUT2D eigenvalue weighted by Gasteiger charge is 2.27. The van der Waals surface area contributed by atoms with Crippen molar-refractivity contribution in [2.24, 2.45) is 0 Å². The predicted molar refractivity (Wildman–Crippen MR) is 71.9 cm³/mol. The van der Waals surface area contributed by atoms with Gasteiger partial charge in [0.25, 0.3) is 0 Å². The van der Waals surface area contributed by atoms with E-state index < -0.39 is 0 Å². The van der Waals surface area contributed by atoms with Crippen LogP contribution in [-0.2, 0) is 6.42 Å². The summed E-state index contributed by atoms with van der Waals surface area (Å²) in [6.07, 6.45) is 9.72. The number of hydrogen-bond acceptors (Lipinski definition) is 4. The number of aromatic nitrogens is 4. The van der Waals surface area contributed by atoms with Crippen molar-refractivity contribution in [1.82, 2.24) is 20.2 Å². The van der Waals surface area contributed by atoms with E-state index in [1.54, 1.807) is 0 Å². The Balaban J connectivity index is 1.57. The predicted octanol–water partition coefficient (Wildman–Crippen LogP) is 2.57. The summed E-state index contributed by atoms with van der Waals surface area (Å²) in [4.78, 5) is 8.99. The van der Waals surface area contributed by atoms with E-state index in [-0.39, 0.29) is 0 Å². The van der Waals surface area contributed by atoms with E-state index in [0.717, 1.165) is 24.5 Å². The number of nitrogens with one attached hydrogen (secondary N) is 2. The second-order valence-corrected chi connectivity index (χ2v) is 5.47. The van der Waals surface area contributed by atoms with Crippen molar-refractivity contribution in [3.8, 4) is 0 Å². The number of hydrogen-bond donors (Lipinski definition) is 2. The van der Waals surface area contributed by atoms with Gasteiger partial charge in [-0.25, -0.2) is 9.97 Å². The highest BCUT2D eigenvalue weighted by atomic mass is 15.1. The van der Waals surface area contributed by atoms with Gasteiger partial charge in [-0.15, -0.1) is 0 Å². The second kappa shape index (κ2) is 4.33. The van der Waals surface area contributed by atoms with E-state index in [9.17, 15) is 0 Å². The maximum Gasteiger partial charge on any atom is 0.133 e. The molecule has 0 saturated heterocycles. The third-order valence-electron chi connectivity index (χ3n) is 3.98. The number of nitrogens with zero attached hydrogens (tertiary/aromatic N) is 3. The fourth-order valence-corrected chi connectivity index (χ4v) is 2.78. The van der Waals surface area contributed by atoms with Crippen molar-refractivity contribution >= 4 is 5.82 Å². The molecule has 2 aliphatic rings. The largest absolute Gasteiger partial charge is 0.362 e. The van der Waals surface area contributed by atoms with Crippen molar-refractivity contribution in [2.75, 3.05) is 5.32 Å². The lowest BCUT2D eigenvalue weighted by Crippen LogP contribution is -2.18. The minimum atomic E-state index is 0.299. The van der Waals surface area contributed by atoms with Gasteiger partial charge in [0.05, 0.1) is 17.9 Å². The van der Waals surface area contributed by atoms with Crippen LogP contribution in [-0.4, -0.2) is 20.2 Å². The average Bonchev–Trinajstić information content (AvgIpc) is 3.17. The number of anilines is 1. The monoisotopic (exact) mass is 255 g/mol. The number of aryl methyl sites for hydroxylation is 1. The summed E-state index contributed by atoms with van der Waals surface area (Å²) >= 11 is 0. The van der Waals surface area contributed by atoms with Gasteiger partial charge >= 0.3 is 0 Å². The molecule has 2 aliphatic carbocycles. The molecule has 19 heavy (non-hydrogen) atoms. The summed E-state index contributed by atoms with van der Waals surface area (Å²) < 4.78 is 0. The first-order valence-electron chi connectivity index (χ1n) is 7.02. The first-order valence-corrected chi connectivity index (χ1v) is 7.02. The molecule has 2 aromatic rings. The minimum absolute atomic E-state index is 0.299. The van der Waals surface area contributed by atoms with Crippen molar-refractivity contribution < 1.29 is 0 Å². The molecule has 1 saturated carbocycles. The molecule has 5 nitrogen and oxygen atoms in total. The second-order valence-electron chi connectivity index (χ2n) is 5.47. The van der Waals surface area contributed by atoms with Crippen molar-refractivity contribution in [3.05, 3.63) is 35.5 Å². The third kappa shape index (κ3) is 2.09. The Hall–Kier alpha value is -1.91. The lowest BCUT2D eigenvalue weighted by Gasteiger charge is -2.23. The van der Waals surface area contributed by atoms with Crippen LogP contribution in [0.2, 0.25) is 0 Å². The molecule has 2 heterocycles. The summed E-state index contributed by atoms with van der Waals surface area (Å²) in [5, 5.41) is 10.8. The van der Waals surface area contributed by atoms with Gasteiger partial charge in [-0.3, -0.25) is 5.10 Å². The standard InChI is InChI=1S/C14H17N5/c1-2-10-8-16-19-13(10)11(3-1)17-12-6-7-15-14(18-12)9-4-5-9/h6-9,11H,1-5H2,(H,16,19)(H,15,17,18)/t11-/m0/s1. The van der Waals surface area contributed by atoms with Crippen molar-refractivity contribution in [2.45, 2.75) is 44.1 Å². The summed E-state index contributed by atoms with van der Waals surface area (Å²) in [6, 6.07) is 2.25. The van der Waals surface area contributed by atoms with E-state index in [1.807, 2.05) is 18.5 Å². The van der Waals surface area contributed by atoms with Gasteiger partial charge in [-0.05, 0) is 43.7 Å². The third-order valence-corrected chi connectivity index (χ3v) is 3.98. The van der Waals surface area contributed by atoms with Crippen LogP contribution in [0, 0.1) is 0 Å². The van der Waals surface area contributed by atoms with Crippen LogP contribution < -0.4 is 5.32 Å². The molecule has 0 amide bonds. The summed E-state index contributed by atoms with van der Waals surface area (Å²) in [7, 11) is 0. The summed E-state index contributed by atoms with van der Waals surface area (Å²) in [5.41, 5.74) is 2.55. The SMILES string of the molecule is c1cc(N[C@H]2CCCc3cn[nH]c32)nc(C2CC2)n1. The summed E-state index contributed by atoms with van der Waals surface area (Å²) in [6.45, 7) is 0. The van der Waals surface area contributed by atoms with E-state index >= 15 is 0 Å². The zero-order valence-electron chi connectivity index (χ0n) is 10.8. The molecule has 1 atom stereocenters. The van der Waals surface area contributed by atoms with E-state index in [1.165, 1.54) is 30.5 Å². The molecule has 98 valence electrons. The topological polar surface area (TPSA) is 66.5 Å². The molecule has 0 radical (unpaired) electrons. The van der Waals surface area contributed by atoms with Gasteiger partial charge in [0.2, 0.25) is 0 Å². The molecular formula is C14H17N5. The molecule has 2 aromatic heterocycles. The molecule has 2 N–H and O–H groups in total. The number of aromatic amines is 1. The van der Waals surface area contributed by atoms with Gasteiger partial charge in [-0.1, -0.05) is 0 Å². The van der Waals surface area contributed by atoms with Crippen LogP contribution in [0.4, 0.5) is 5.82 Å². The number of H-pyrrole nitrogens is 1. The van der Waals surface area contributed by atoms with Gasteiger partial charge in [0.1, 0.15) is 11.6 Å². The molecule has 0 aliphatic heterocycles. The lowest BCUT2D eigenvalue weighted by atomic mass is 9.94. The highest BCUT2D eigenvalue weighted by molar-refractivity contribution is 5.39. The van der Waals surface area contributed by atoms with Gasteiger partial charge < -0.3 is 5.32 Å². The Morgan fingerprint density at radius 1 is 1.26 bits per heavy atom. The minimum Gasteiger partial charge on any atom is -0.362 e. The zero-order chi connectivity index (χ0) is 12.7. The molecule has 5 heteroatoms. The van der Waals surface area contributed by atoms with Crippen molar-refractivity contribution in [1.29, 1.82) is 0 Å². The zero-order valence-corrected chi connectivity index (χ0v) is 10.8. The Morgan fingerprint density at radius 3 is 3.11 bits per heavy atom. The van der Waals surface area contributed by atoms with Gasteiger partial charge in [-0.2, -0.15) is 5.10 Å². The first kappa shape index (κ1) is 11.0. The Bertz CT molecular complexity index is 587. The molecule has 0 bridgehead atoms. The molecule has 0 spiro atoms. The normalized spacial score (nSPS) is 22.0. The van der Waals surface area contributed by atoms with Crippen LogP contribution in [0.25, 0.3) is 0 Å². The maximum atomic E-state index is 4.63. The average molecular weight is 255 g/mol. The van der Waals surface area contributed by atoms with Gasteiger partial charge in [0, 0.05) is 12.1 Å². The molecule has 1 fully saturated rings. The molecular weight excluding hydrogens is 238 g/mol. The fraction of sp³-hybridized carbons (Fsp3) is 0.500. The van der Waals surface area contributed by atoms with Crippen LogP contribution >= 0.6 is 0 Å². The smallest absolute Gasteiger partial charge is 0.133 e. The molecule has 4 rings (SSSR count). The Kier molecular flexibility index (Phi) is 2.50. The summed E-state index contributed by atoms with van der Waals surface area (Å²) in [5.74, 6) is 2.52. The van der Waals surface area contributed by atoms with Gasteiger partial charge in [0.15, 0.2) is 0 Å². The number of fused-ring (bicyclic) bond motifs is 1. The van der Waals surface area contributed by atoms with E-state index in [2.05, 4.69) is 25.5 Å². The fourth-order valence-electron chi connectivity index (χ4n) is 2.78. The quantitative estimate of drug-likeness (QED) is 0.884. The molecule has 0 unspecified atom stereocenters.